The molecule has 0 aliphatic rings. The topological polar surface area (TPSA) is 74.5 Å². The summed E-state index contributed by atoms with van der Waals surface area (Å²) < 4.78 is 14.5. The molecule has 0 saturated carbocycles. The van der Waals surface area contributed by atoms with Crippen molar-refractivity contribution in [2.24, 2.45) is 14.1 Å². The molecule has 158 valence electrons. The van der Waals surface area contributed by atoms with Crippen LogP contribution in [0.15, 0.2) is 71.5 Å². The van der Waals surface area contributed by atoms with Crippen molar-refractivity contribution in [3.63, 3.8) is 0 Å². The van der Waals surface area contributed by atoms with Crippen LogP contribution < -0.4 is 20.5 Å². The smallest absolute Gasteiger partial charge is 0.328 e. The number of anilines is 1. The summed E-state index contributed by atoms with van der Waals surface area (Å²) >= 11 is 0. The number of benzene rings is 3. The Balaban J connectivity index is 1.34. The van der Waals surface area contributed by atoms with Crippen molar-refractivity contribution < 1.29 is 14.3 Å². The number of hydrogen-bond acceptors (Lipinski definition) is 4. The highest BCUT2D eigenvalue weighted by atomic mass is 16.5. The second kappa shape index (κ2) is 8.39. The molecule has 0 radical (unpaired) electrons. The second-order valence-corrected chi connectivity index (χ2v) is 7.33. The Bertz CT molecular complexity index is 1290. The molecule has 0 aliphatic heterocycles. The molecule has 0 bridgehead atoms. The van der Waals surface area contributed by atoms with Crippen LogP contribution in [0, 0.1) is 6.92 Å². The molecule has 1 aromatic heterocycles. The number of aryl methyl sites for hydroxylation is 3. The number of fused-ring (bicyclic) bond motifs is 1. The van der Waals surface area contributed by atoms with Crippen LogP contribution in [-0.2, 0) is 18.9 Å². The lowest BCUT2D eigenvalue weighted by atomic mass is 10.2. The molecule has 0 saturated heterocycles. The lowest BCUT2D eigenvalue weighted by Crippen LogP contribution is -2.20. The molecule has 0 unspecified atom stereocenters. The molecular formula is C24H23N3O4. The quantitative estimate of drug-likeness (QED) is 0.515. The van der Waals surface area contributed by atoms with Gasteiger partial charge in [-0.2, -0.15) is 0 Å². The third-order valence-electron chi connectivity index (χ3n) is 5.01. The largest absolute Gasteiger partial charge is 0.484 e. The number of amides is 1. The normalized spacial score (nSPS) is 10.8. The average molecular weight is 417 g/mol. The van der Waals surface area contributed by atoms with E-state index in [9.17, 15) is 9.59 Å². The van der Waals surface area contributed by atoms with Crippen molar-refractivity contribution >= 4 is 22.6 Å². The molecule has 0 spiro atoms. The fourth-order valence-corrected chi connectivity index (χ4v) is 3.28. The minimum Gasteiger partial charge on any atom is -0.484 e. The monoisotopic (exact) mass is 417 g/mol. The number of nitrogens with one attached hydrogen (secondary N) is 1. The first-order valence-corrected chi connectivity index (χ1v) is 9.83. The van der Waals surface area contributed by atoms with Gasteiger partial charge < -0.3 is 14.8 Å². The van der Waals surface area contributed by atoms with E-state index in [0.717, 1.165) is 16.8 Å². The highest BCUT2D eigenvalue weighted by Crippen LogP contribution is 2.24. The highest BCUT2D eigenvalue weighted by molar-refractivity contribution is 5.94. The minimum atomic E-state index is -0.291. The molecule has 3 aromatic carbocycles. The summed E-state index contributed by atoms with van der Waals surface area (Å²) in [5, 5.41) is 2.80. The molecule has 31 heavy (non-hydrogen) atoms. The van der Waals surface area contributed by atoms with E-state index in [1.807, 2.05) is 31.2 Å². The van der Waals surface area contributed by atoms with Gasteiger partial charge in [-0.3, -0.25) is 13.9 Å². The van der Waals surface area contributed by atoms with Gasteiger partial charge in [0.25, 0.3) is 5.91 Å². The van der Waals surface area contributed by atoms with Crippen LogP contribution in [0.4, 0.5) is 5.69 Å². The van der Waals surface area contributed by atoms with E-state index >= 15 is 0 Å². The minimum absolute atomic E-state index is 0.114. The van der Waals surface area contributed by atoms with Gasteiger partial charge in [-0.15, -0.1) is 0 Å². The Hall–Kier alpha value is -4.00. The van der Waals surface area contributed by atoms with Gasteiger partial charge in [0, 0.05) is 19.8 Å². The standard InChI is InChI=1S/C24H23N3O4/c1-16-4-7-19(8-5-16)31-20-11-9-18(10-12-20)30-15-23(28)25-17-6-13-21-22(14-17)27(3)24(29)26(21)2/h4-14H,15H2,1-3H3,(H,25,28). The summed E-state index contributed by atoms with van der Waals surface area (Å²) in [5.74, 6) is 1.71. The van der Waals surface area contributed by atoms with Gasteiger partial charge in [-0.05, 0) is 61.5 Å². The van der Waals surface area contributed by atoms with Crippen molar-refractivity contribution in [1.82, 2.24) is 9.13 Å². The number of ether oxygens (including phenoxy) is 2. The molecular weight excluding hydrogens is 394 g/mol. The summed E-state index contributed by atoms with van der Waals surface area (Å²) in [6.07, 6.45) is 0. The Morgan fingerprint density at radius 2 is 1.42 bits per heavy atom. The summed E-state index contributed by atoms with van der Waals surface area (Å²) in [4.78, 5) is 24.3. The third-order valence-corrected chi connectivity index (χ3v) is 5.01. The molecule has 4 aromatic rings. The maximum Gasteiger partial charge on any atom is 0.328 e. The number of imidazole rings is 1. The summed E-state index contributed by atoms with van der Waals surface area (Å²) in [7, 11) is 3.42. The van der Waals surface area contributed by atoms with Crippen LogP contribution in [0.3, 0.4) is 0 Å². The van der Waals surface area contributed by atoms with E-state index in [0.29, 0.717) is 17.2 Å². The van der Waals surface area contributed by atoms with Crippen LogP contribution >= 0.6 is 0 Å². The Labute approximate surface area is 179 Å². The second-order valence-electron chi connectivity index (χ2n) is 7.33. The average Bonchev–Trinajstić information content (AvgIpc) is 2.98. The molecule has 0 aliphatic carbocycles. The van der Waals surface area contributed by atoms with Crippen LogP contribution in [0.2, 0.25) is 0 Å². The molecule has 0 fully saturated rings. The lowest BCUT2D eigenvalue weighted by molar-refractivity contribution is -0.118. The number of aromatic nitrogens is 2. The van der Waals surface area contributed by atoms with Gasteiger partial charge in [-0.25, -0.2) is 4.79 Å². The van der Waals surface area contributed by atoms with Gasteiger partial charge in [0.05, 0.1) is 11.0 Å². The lowest BCUT2D eigenvalue weighted by Gasteiger charge is -2.09. The van der Waals surface area contributed by atoms with E-state index < -0.39 is 0 Å². The van der Waals surface area contributed by atoms with Crippen LogP contribution in [-0.4, -0.2) is 21.6 Å². The van der Waals surface area contributed by atoms with E-state index in [-0.39, 0.29) is 18.2 Å². The fraction of sp³-hybridized carbons (Fsp3) is 0.167. The molecule has 7 heteroatoms. The third kappa shape index (κ3) is 4.45. The van der Waals surface area contributed by atoms with Crippen LogP contribution in [0.25, 0.3) is 11.0 Å². The molecule has 1 heterocycles. The number of carbonyl (C=O) groups excluding carboxylic acids is 1. The van der Waals surface area contributed by atoms with Gasteiger partial charge in [0.1, 0.15) is 17.2 Å². The van der Waals surface area contributed by atoms with E-state index in [1.165, 1.54) is 5.56 Å². The molecule has 1 amide bonds. The Morgan fingerprint density at radius 1 is 0.839 bits per heavy atom. The van der Waals surface area contributed by atoms with Crippen molar-refractivity contribution in [2.45, 2.75) is 6.92 Å². The predicted octanol–water partition coefficient (Wildman–Crippen LogP) is 4.00. The number of carbonyl (C=O) groups is 1. The number of hydrogen-bond donors (Lipinski definition) is 1. The SMILES string of the molecule is Cc1ccc(Oc2ccc(OCC(=O)Nc3ccc4c(c3)n(C)c(=O)n4C)cc2)cc1. The van der Waals surface area contributed by atoms with E-state index in [2.05, 4.69) is 5.32 Å². The maximum absolute atomic E-state index is 12.3. The predicted molar refractivity (Wildman–Crippen MR) is 120 cm³/mol. The summed E-state index contributed by atoms with van der Waals surface area (Å²) in [5.41, 5.74) is 3.20. The van der Waals surface area contributed by atoms with Crippen molar-refractivity contribution in [2.75, 3.05) is 11.9 Å². The van der Waals surface area contributed by atoms with Crippen molar-refractivity contribution in [3.8, 4) is 17.2 Å². The highest BCUT2D eigenvalue weighted by Gasteiger charge is 2.10. The van der Waals surface area contributed by atoms with Gasteiger partial charge in [0.2, 0.25) is 0 Å². The summed E-state index contributed by atoms with van der Waals surface area (Å²) in [6.45, 7) is 1.89. The zero-order valence-corrected chi connectivity index (χ0v) is 17.6. The Morgan fingerprint density at radius 3 is 2.10 bits per heavy atom. The van der Waals surface area contributed by atoms with Gasteiger partial charge in [-0.1, -0.05) is 17.7 Å². The zero-order chi connectivity index (χ0) is 22.0. The van der Waals surface area contributed by atoms with E-state index in [1.54, 1.807) is 65.7 Å². The molecule has 1 N–H and O–H groups in total. The van der Waals surface area contributed by atoms with Crippen molar-refractivity contribution in [1.29, 1.82) is 0 Å². The van der Waals surface area contributed by atoms with Gasteiger partial charge in [0.15, 0.2) is 6.61 Å². The van der Waals surface area contributed by atoms with Crippen molar-refractivity contribution in [3.05, 3.63) is 82.8 Å². The van der Waals surface area contributed by atoms with Crippen LogP contribution in [0.1, 0.15) is 5.56 Å². The molecule has 0 atom stereocenters. The molecule has 7 nitrogen and oxygen atoms in total. The number of rotatable bonds is 6. The zero-order valence-electron chi connectivity index (χ0n) is 17.6. The fourth-order valence-electron chi connectivity index (χ4n) is 3.28. The first-order valence-electron chi connectivity index (χ1n) is 9.83. The first-order chi connectivity index (χ1) is 14.9. The number of nitrogens with zero attached hydrogens (tertiary/aromatic N) is 2. The maximum atomic E-state index is 12.3. The summed E-state index contributed by atoms with van der Waals surface area (Å²) in [6, 6.07) is 20.2. The van der Waals surface area contributed by atoms with Crippen LogP contribution in [0.5, 0.6) is 17.2 Å². The van der Waals surface area contributed by atoms with E-state index in [4.69, 9.17) is 9.47 Å². The van der Waals surface area contributed by atoms with Gasteiger partial charge >= 0.3 is 5.69 Å². The molecule has 4 rings (SSSR count). The Kier molecular flexibility index (Phi) is 5.49. The first kappa shape index (κ1) is 20.3.